The second-order valence-electron chi connectivity index (χ2n) is 3.43. The van der Waals surface area contributed by atoms with Crippen LogP contribution in [-0.4, -0.2) is 39.9 Å². The Balaban J connectivity index is 2.96. The molecule has 0 aliphatic rings. The van der Waals surface area contributed by atoms with E-state index in [1.165, 1.54) is 0 Å². The summed E-state index contributed by atoms with van der Waals surface area (Å²) in [6.07, 6.45) is -3.98. The van der Waals surface area contributed by atoms with E-state index in [1.807, 2.05) is 0 Å². The molecule has 0 radical (unpaired) electrons. The maximum absolute atomic E-state index is 12.6. The van der Waals surface area contributed by atoms with Gasteiger partial charge in [0.25, 0.3) is 0 Å². The zero-order valence-corrected chi connectivity index (χ0v) is 9.43. The number of pyridine rings is 1. The van der Waals surface area contributed by atoms with Gasteiger partial charge in [0.15, 0.2) is 12.2 Å². The largest absolute Gasteiger partial charge is 0.477 e. The number of halogens is 4. The lowest BCUT2D eigenvalue weighted by molar-refractivity contribution is -0.390. The molecule has 0 fully saturated rings. The van der Waals surface area contributed by atoms with E-state index >= 15 is 0 Å². The van der Waals surface area contributed by atoms with Crippen LogP contribution in [0.1, 0.15) is 10.4 Å². The van der Waals surface area contributed by atoms with E-state index < -0.39 is 47.1 Å². The first kappa shape index (κ1) is 15.6. The van der Waals surface area contributed by atoms with Crippen LogP contribution in [0.2, 0.25) is 0 Å². The topological polar surface area (TPSA) is 103 Å². The fraction of sp³-hybridized carbons (Fsp3) is 0.333. The maximum Gasteiger partial charge on any atom is 0.382 e. The molecular weight excluding hydrogens is 292 g/mol. The highest BCUT2D eigenvalue weighted by molar-refractivity contribution is 5.91. The predicted octanol–water partition coefficient (Wildman–Crippen LogP) is 1.97. The van der Waals surface area contributed by atoms with E-state index in [-0.39, 0.29) is 0 Å². The Hall–Kier alpha value is -2.46. The normalized spacial score (nSPS) is 11.4. The van der Waals surface area contributed by atoms with Crippen LogP contribution in [0.15, 0.2) is 12.1 Å². The zero-order valence-electron chi connectivity index (χ0n) is 9.43. The quantitative estimate of drug-likeness (QED) is 0.489. The Bertz CT molecular complexity index is 537. The Kier molecular flexibility index (Phi) is 4.42. The molecule has 0 saturated heterocycles. The third-order valence-corrected chi connectivity index (χ3v) is 1.98. The van der Waals surface area contributed by atoms with Gasteiger partial charge in [-0.25, -0.2) is 13.6 Å². The van der Waals surface area contributed by atoms with Crippen molar-refractivity contribution in [2.24, 2.45) is 0 Å². The van der Waals surface area contributed by atoms with Crippen LogP contribution < -0.4 is 4.74 Å². The molecule has 20 heavy (non-hydrogen) atoms. The summed E-state index contributed by atoms with van der Waals surface area (Å²) in [5, 5.41) is 19.2. The minimum Gasteiger partial charge on any atom is -0.477 e. The molecule has 0 aliphatic carbocycles. The fourth-order valence-electron chi connectivity index (χ4n) is 1.05. The van der Waals surface area contributed by atoms with Crippen molar-refractivity contribution in [1.82, 2.24) is 4.98 Å². The van der Waals surface area contributed by atoms with Crippen molar-refractivity contribution < 1.29 is 37.1 Å². The van der Waals surface area contributed by atoms with Crippen LogP contribution in [0.5, 0.6) is 5.88 Å². The lowest BCUT2D eigenvalue weighted by Crippen LogP contribution is -2.33. The Morgan fingerprint density at radius 2 is 2.10 bits per heavy atom. The van der Waals surface area contributed by atoms with Crippen LogP contribution >= 0.6 is 0 Å². The molecule has 0 aromatic carbocycles. The highest BCUT2D eigenvalue weighted by Gasteiger charge is 2.42. The number of carboxylic acids is 1. The number of carboxylic acid groups (broad SMARTS) is 1. The van der Waals surface area contributed by atoms with Gasteiger partial charge >= 0.3 is 30.0 Å². The van der Waals surface area contributed by atoms with E-state index in [1.54, 1.807) is 0 Å². The molecule has 0 unspecified atom stereocenters. The van der Waals surface area contributed by atoms with Crippen molar-refractivity contribution in [1.29, 1.82) is 0 Å². The second-order valence-corrected chi connectivity index (χ2v) is 3.43. The van der Waals surface area contributed by atoms with Gasteiger partial charge in [0.2, 0.25) is 0 Å². The van der Waals surface area contributed by atoms with Gasteiger partial charge in [0.05, 0.1) is 0 Å². The molecule has 11 heteroatoms. The van der Waals surface area contributed by atoms with Crippen molar-refractivity contribution in [2.75, 3.05) is 6.61 Å². The van der Waals surface area contributed by atoms with E-state index in [9.17, 15) is 32.5 Å². The van der Waals surface area contributed by atoms with Gasteiger partial charge in [0, 0.05) is 11.1 Å². The van der Waals surface area contributed by atoms with Gasteiger partial charge in [-0.3, -0.25) is 0 Å². The van der Waals surface area contributed by atoms with Crippen LogP contribution in [0.3, 0.4) is 0 Å². The van der Waals surface area contributed by atoms with E-state index in [2.05, 4.69) is 9.72 Å². The van der Waals surface area contributed by atoms with Gasteiger partial charge in [-0.1, -0.05) is 0 Å². The van der Waals surface area contributed by atoms with Crippen molar-refractivity contribution in [3.8, 4) is 5.88 Å². The number of hydrogen-bond acceptors (Lipinski definition) is 5. The number of rotatable bonds is 6. The first-order valence-electron chi connectivity index (χ1n) is 4.82. The van der Waals surface area contributed by atoms with Crippen LogP contribution in [0.25, 0.3) is 0 Å². The summed E-state index contributed by atoms with van der Waals surface area (Å²) in [6.45, 7) is -1.75. The molecule has 1 aromatic rings. The van der Waals surface area contributed by atoms with Gasteiger partial charge in [-0.05, 0) is 11.0 Å². The minimum absolute atomic E-state index is 0.698. The average molecular weight is 298 g/mol. The molecule has 110 valence electrons. The molecule has 0 bridgehead atoms. The molecule has 0 amide bonds. The summed E-state index contributed by atoms with van der Waals surface area (Å²) in [6, 6.07) is 1.45. The number of ether oxygens (including phenoxy) is 1. The number of nitrogens with zero attached hydrogens (tertiary/aromatic N) is 2. The van der Waals surface area contributed by atoms with Crippen LogP contribution in [-0.2, 0) is 0 Å². The Morgan fingerprint density at radius 3 is 2.55 bits per heavy atom. The molecule has 0 saturated carbocycles. The third kappa shape index (κ3) is 3.52. The maximum atomic E-state index is 12.6. The van der Waals surface area contributed by atoms with Crippen LogP contribution in [0.4, 0.5) is 23.4 Å². The molecule has 1 rings (SSSR count). The highest BCUT2D eigenvalue weighted by Crippen LogP contribution is 2.25. The van der Waals surface area contributed by atoms with Crippen molar-refractivity contribution >= 4 is 11.8 Å². The van der Waals surface area contributed by atoms with Gasteiger partial charge in [-0.15, -0.1) is 0 Å². The van der Waals surface area contributed by atoms with E-state index in [4.69, 9.17) is 5.11 Å². The van der Waals surface area contributed by atoms with Gasteiger partial charge < -0.3 is 20.0 Å². The van der Waals surface area contributed by atoms with Gasteiger partial charge in [-0.2, -0.15) is 8.78 Å². The van der Waals surface area contributed by atoms with Crippen molar-refractivity contribution in [2.45, 2.75) is 12.3 Å². The van der Waals surface area contributed by atoms with Gasteiger partial charge in [0.1, 0.15) is 0 Å². The molecule has 0 atom stereocenters. The number of hydrogen-bond donors (Lipinski definition) is 1. The summed E-state index contributed by atoms with van der Waals surface area (Å²) >= 11 is 0. The highest BCUT2D eigenvalue weighted by atomic mass is 19.3. The zero-order chi connectivity index (χ0) is 15.5. The molecule has 1 aromatic heterocycles. The van der Waals surface area contributed by atoms with E-state index in [0.29, 0.717) is 6.07 Å². The molecular formula is C9H6F4N2O5. The lowest BCUT2D eigenvalue weighted by atomic mass is 10.2. The molecule has 0 aliphatic heterocycles. The number of alkyl halides is 4. The van der Waals surface area contributed by atoms with Crippen LogP contribution in [0, 0.1) is 10.1 Å². The molecule has 1 N–H and O–H groups in total. The second kappa shape index (κ2) is 5.67. The standard InChI is InChI=1S/C9H6F4N2O5/c10-8(11)9(12,13)3-20-5-2-1-4(7(16)17)6(14-5)15(18)19/h1-2,8H,3H2,(H,16,17). The monoisotopic (exact) mass is 298 g/mol. The summed E-state index contributed by atoms with van der Waals surface area (Å²) in [5.74, 6) is -8.02. The van der Waals surface area contributed by atoms with Crippen molar-refractivity contribution in [3.63, 3.8) is 0 Å². The Labute approximate surface area is 107 Å². The first-order chi connectivity index (χ1) is 9.15. The molecule has 1 heterocycles. The number of carbonyl (C=O) groups is 1. The predicted molar refractivity (Wildman–Crippen MR) is 54.3 cm³/mol. The number of aromatic nitrogens is 1. The first-order valence-corrected chi connectivity index (χ1v) is 4.82. The summed E-state index contributed by atoms with van der Waals surface area (Å²) in [4.78, 5) is 23.1. The summed E-state index contributed by atoms with van der Waals surface area (Å²) in [5.41, 5.74) is -0.789. The minimum atomic E-state index is -4.46. The molecule has 0 spiro atoms. The summed E-state index contributed by atoms with van der Waals surface area (Å²) < 4.78 is 53.1. The van der Waals surface area contributed by atoms with Crippen molar-refractivity contribution in [3.05, 3.63) is 27.8 Å². The average Bonchev–Trinajstić information content (AvgIpc) is 2.35. The number of aromatic carboxylic acids is 1. The smallest absolute Gasteiger partial charge is 0.382 e. The summed E-state index contributed by atoms with van der Waals surface area (Å²) in [7, 11) is 0. The SMILES string of the molecule is O=C(O)c1ccc(OCC(F)(F)C(F)F)nc1[N+](=O)[O-]. The number of nitro groups is 1. The molecule has 7 nitrogen and oxygen atoms in total. The third-order valence-electron chi connectivity index (χ3n) is 1.98. The lowest BCUT2D eigenvalue weighted by Gasteiger charge is -2.14. The van der Waals surface area contributed by atoms with E-state index in [0.717, 1.165) is 6.07 Å². The fourth-order valence-corrected chi connectivity index (χ4v) is 1.05. The Morgan fingerprint density at radius 1 is 1.50 bits per heavy atom.